The van der Waals surface area contributed by atoms with E-state index < -0.39 is 0 Å². The molecule has 1 fully saturated rings. The number of amides is 1. The second kappa shape index (κ2) is 9.36. The first-order valence-corrected chi connectivity index (χ1v) is 6.71. The molecule has 0 aliphatic carbocycles. The number of piperazine rings is 1. The number of hydrogen-bond acceptors (Lipinski definition) is 5. The van der Waals surface area contributed by atoms with Gasteiger partial charge in [-0.3, -0.25) is 4.79 Å². The second-order valence-electron chi connectivity index (χ2n) is 4.22. The van der Waals surface area contributed by atoms with E-state index in [4.69, 9.17) is 10.00 Å². The van der Waals surface area contributed by atoms with Crippen LogP contribution in [0, 0.1) is 11.3 Å². The van der Waals surface area contributed by atoms with Gasteiger partial charge >= 0.3 is 0 Å². The van der Waals surface area contributed by atoms with E-state index in [-0.39, 0.29) is 11.5 Å². The molecule has 0 aromatic rings. The molecule has 1 amide bonds. The molecule has 0 spiro atoms. The Hall–Kier alpha value is -1.58. The predicted molar refractivity (Wildman–Crippen MR) is 72.3 cm³/mol. The van der Waals surface area contributed by atoms with Crippen LogP contribution in [0.25, 0.3) is 0 Å². The number of carbonyl (C=O) groups is 1. The van der Waals surface area contributed by atoms with E-state index in [9.17, 15) is 4.79 Å². The molecule has 0 aromatic heterocycles. The third-order valence-electron chi connectivity index (χ3n) is 2.82. The first kappa shape index (κ1) is 15.5. The van der Waals surface area contributed by atoms with E-state index in [0.29, 0.717) is 32.8 Å². The predicted octanol–water partition coefficient (Wildman–Crippen LogP) is -0.158. The Morgan fingerprint density at radius 3 is 2.89 bits per heavy atom. The molecule has 106 valence electrons. The van der Waals surface area contributed by atoms with Gasteiger partial charge in [0.05, 0.1) is 0 Å². The van der Waals surface area contributed by atoms with Gasteiger partial charge in [0.1, 0.15) is 11.6 Å². The second-order valence-corrected chi connectivity index (χ2v) is 4.22. The highest BCUT2D eigenvalue weighted by Crippen LogP contribution is 2.01. The van der Waals surface area contributed by atoms with Crippen LogP contribution in [0.15, 0.2) is 11.8 Å². The molecule has 1 aliphatic heterocycles. The molecule has 0 saturated carbocycles. The third-order valence-corrected chi connectivity index (χ3v) is 2.82. The Morgan fingerprint density at radius 2 is 2.26 bits per heavy atom. The molecule has 1 saturated heterocycles. The van der Waals surface area contributed by atoms with Crippen LogP contribution in [-0.4, -0.2) is 56.7 Å². The molecular weight excluding hydrogens is 244 g/mol. The van der Waals surface area contributed by atoms with Gasteiger partial charge in [-0.25, -0.2) is 0 Å². The van der Waals surface area contributed by atoms with Crippen molar-refractivity contribution in [2.24, 2.45) is 0 Å². The van der Waals surface area contributed by atoms with Crippen molar-refractivity contribution < 1.29 is 9.53 Å². The molecule has 6 nitrogen and oxygen atoms in total. The maximum absolute atomic E-state index is 12.0. The van der Waals surface area contributed by atoms with Gasteiger partial charge in [-0.2, -0.15) is 5.26 Å². The van der Waals surface area contributed by atoms with E-state index in [1.165, 1.54) is 6.20 Å². The summed E-state index contributed by atoms with van der Waals surface area (Å²) in [4.78, 5) is 13.7. The number of hydrogen-bond donors (Lipinski definition) is 2. The van der Waals surface area contributed by atoms with Crippen molar-refractivity contribution in [2.75, 3.05) is 45.9 Å². The van der Waals surface area contributed by atoms with E-state index >= 15 is 0 Å². The summed E-state index contributed by atoms with van der Waals surface area (Å²) in [6.45, 7) is 6.92. The Morgan fingerprint density at radius 1 is 1.53 bits per heavy atom. The maximum atomic E-state index is 12.0. The summed E-state index contributed by atoms with van der Waals surface area (Å²) in [6.07, 6.45) is 2.36. The highest BCUT2D eigenvalue weighted by molar-refractivity contribution is 5.97. The Labute approximate surface area is 114 Å². The zero-order valence-electron chi connectivity index (χ0n) is 11.4. The van der Waals surface area contributed by atoms with E-state index in [0.717, 1.165) is 19.5 Å². The lowest BCUT2D eigenvalue weighted by Gasteiger charge is -2.27. The molecule has 19 heavy (non-hydrogen) atoms. The van der Waals surface area contributed by atoms with Crippen molar-refractivity contribution in [1.82, 2.24) is 15.5 Å². The quantitative estimate of drug-likeness (QED) is 0.380. The number of ether oxygens (including phenoxy) is 1. The lowest BCUT2D eigenvalue weighted by Crippen LogP contribution is -2.46. The van der Waals surface area contributed by atoms with Crippen LogP contribution in [0.5, 0.6) is 0 Å². The fraction of sp³-hybridized carbons (Fsp3) is 0.692. The molecule has 1 rings (SSSR count). The third kappa shape index (κ3) is 5.73. The van der Waals surface area contributed by atoms with Crippen molar-refractivity contribution in [3.05, 3.63) is 11.8 Å². The molecule has 2 N–H and O–H groups in total. The van der Waals surface area contributed by atoms with Crippen molar-refractivity contribution in [3.63, 3.8) is 0 Å². The summed E-state index contributed by atoms with van der Waals surface area (Å²) >= 11 is 0. The van der Waals surface area contributed by atoms with Gasteiger partial charge < -0.3 is 20.3 Å². The van der Waals surface area contributed by atoms with Crippen LogP contribution >= 0.6 is 0 Å². The normalized spacial score (nSPS) is 16.0. The molecule has 0 atom stereocenters. The summed E-state index contributed by atoms with van der Waals surface area (Å²) < 4.78 is 5.20. The van der Waals surface area contributed by atoms with Crippen LogP contribution in [0.3, 0.4) is 0 Å². The lowest BCUT2D eigenvalue weighted by molar-refractivity contribution is -0.127. The number of nitrogens with one attached hydrogen (secondary N) is 2. The van der Waals surface area contributed by atoms with Crippen LogP contribution in [0.4, 0.5) is 0 Å². The van der Waals surface area contributed by atoms with Gasteiger partial charge in [0, 0.05) is 52.1 Å². The minimum absolute atomic E-state index is 0.165. The molecular formula is C13H22N4O2. The van der Waals surface area contributed by atoms with Crippen LogP contribution in [0.2, 0.25) is 0 Å². The zero-order valence-corrected chi connectivity index (χ0v) is 11.4. The van der Waals surface area contributed by atoms with Crippen molar-refractivity contribution >= 4 is 5.91 Å². The van der Waals surface area contributed by atoms with E-state index in [1.807, 2.05) is 13.0 Å². The van der Waals surface area contributed by atoms with Gasteiger partial charge in [-0.15, -0.1) is 0 Å². The minimum atomic E-state index is -0.193. The Kier molecular flexibility index (Phi) is 7.63. The molecule has 0 radical (unpaired) electrons. The summed E-state index contributed by atoms with van der Waals surface area (Å²) in [5.74, 6) is -0.193. The Bertz CT molecular complexity index is 343. The van der Waals surface area contributed by atoms with Crippen molar-refractivity contribution in [2.45, 2.75) is 13.3 Å². The fourth-order valence-electron chi connectivity index (χ4n) is 1.77. The number of nitrogens with zero attached hydrogens (tertiary/aromatic N) is 2. The summed E-state index contributed by atoms with van der Waals surface area (Å²) in [6, 6.07) is 1.96. The minimum Gasteiger partial charge on any atom is -0.390 e. The first-order valence-electron chi connectivity index (χ1n) is 6.71. The summed E-state index contributed by atoms with van der Waals surface area (Å²) in [5, 5.41) is 15.2. The maximum Gasteiger partial charge on any atom is 0.266 e. The van der Waals surface area contributed by atoms with E-state index in [2.05, 4.69) is 10.6 Å². The monoisotopic (exact) mass is 266 g/mol. The van der Waals surface area contributed by atoms with Gasteiger partial charge in [-0.05, 0) is 13.3 Å². The number of rotatable bonds is 7. The average Bonchev–Trinajstić information content (AvgIpc) is 2.47. The molecule has 1 heterocycles. The van der Waals surface area contributed by atoms with Gasteiger partial charge in [0.15, 0.2) is 0 Å². The van der Waals surface area contributed by atoms with Crippen LogP contribution in [0.1, 0.15) is 13.3 Å². The molecule has 1 aliphatic rings. The average molecular weight is 266 g/mol. The first-order chi connectivity index (χ1) is 9.29. The van der Waals surface area contributed by atoms with Gasteiger partial charge in [0.25, 0.3) is 5.91 Å². The molecule has 0 unspecified atom stereocenters. The van der Waals surface area contributed by atoms with Crippen molar-refractivity contribution in [3.8, 4) is 6.07 Å². The standard InChI is InChI=1S/C13H22N4O2/c1-2-19-9-3-4-16-11-12(10-14)13(18)17-7-5-15-6-8-17/h11,15-16H,2-9H2,1H3/b12-11-. The van der Waals surface area contributed by atoms with Gasteiger partial charge in [0.2, 0.25) is 0 Å². The highest BCUT2D eigenvalue weighted by atomic mass is 16.5. The molecule has 0 aromatic carbocycles. The van der Waals surface area contributed by atoms with Crippen LogP contribution < -0.4 is 10.6 Å². The lowest BCUT2D eigenvalue weighted by atomic mass is 10.2. The largest absolute Gasteiger partial charge is 0.390 e. The number of nitriles is 1. The van der Waals surface area contributed by atoms with E-state index in [1.54, 1.807) is 4.90 Å². The highest BCUT2D eigenvalue weighted by Gasteiger charge is 2.19. The van der Waals surface area contributed by atoms with Crippen LogP contribution in [-0.2, 0) is 9.53 Å². The number of carbonyl (C=O) groups excluding carboxylic acids is 1. The van der Waals surface area contributed by atoms with Crippen molar-refractivity contribution in [1.29, 1.82) is 5.26 Å². The topological polar surface area (TPSA) is 77.4 Å². The smallest absolute Gasteiger partial charge is 0.266 e. The summed E-state index contributed by atoms with van der Waals surface area (Å²) in [7, 11) is 0. The fourth-order valence-corrected chi connectivity index (χ4v) is 1.77. The summed E-state index contributed by atoms with van der Waals surface area (Å²) in [5.41, 5.74) is 0.165. The van der Waals surface area contributed by atoms with Gasteiger partial charge in [-0.1, -0.05) is 0 Å². The zero-order chi connectivity index (χ0) is 13.9. The Balaban J connectivity index is 2.34. The molecule has 6 heteroatoms. The SMILES string of the molecule is CCOCCCN/C=C(/C#N)C(=O)N1CCNCC1. The molecule has 0 bridgehead atoms.